The van der Waals surface area contributed by atoms with E-state index < -0.39 is 23.5 Å². The van der Waals surface area contributed by atoms with Crippen LogP contribution in [0.2, 0.25) is 0 Å². The van der Waals surface area contributed by atoms with E-state index in [4.69, 9.17) is 9.47 Å². The van der Waals surface area contributed by atoms with Crippen LogP contribution < -0.4 is 5.56 Å². The number of fused-ring (bicyclic) bond motifs is 1. The molecule has 188 valence electrons. The topological polar surface area (TPSA) is 107 Å². The molecule has 1 heterocycles. The van der Waals surface area contributed by atoms with E-state index in [2.05, 4.69) is 4.99 Å². The normalized spacial score (nSPS) is 11.9. The molecule has 0 aliphatic carbocycles. The Morgan fingerprint density at radius 3 is 2.27 bits per heavy atom. The Kier molecular flexibility index (Phi) is 7.78. The number of aliphatic imine (C=N–C) groups is 1. The van der Waals surface area contributed by atoms with Gasteiger partial charge in [0.25, 0.3) is 5.56 Å². The average Bonchev–Trinajstić information content (AvgIpc) is 2.93. The molecule has 1 aromatic heterocycles. The Labute approximate surface area is 213 Å². The highest BCUT2D eigenvalue weighted by Crippen LogP contribution is 2.26. The fourth-order valence-electron chi connectivity index (χ4n) is 4.02. The molecule has 8 heteroatoms. The minimum atomic E-state index is -0.852. The highest BCUT2D eigenvalue weighted by molar-refractivity contribution is 6.02. The number of esters is 2. The SMILES string of the molecule is CCOC(=O)c1ccc(-n2c(O)c(C=N[C@H](Cc3ccccc3)C(=O)OC)c3ccccc3c2=O)cc1. The van der Waals surface area contributed by atoms with Crippen LogP contribution in [0.1, 0.15) is 28.4 Å². The summed E-state index contributed by atoms with van der Waals surface area (Å²) in [6.07, 6.45) is 1.70. The van der Waals surface area contributed by atoms with Crippen LogP contribution in [0.25, 0.3) is 16.5 Å². The van der Waals surface area contributed by atoms with E-state index in [1.54, 1.807) is 43.3 Å². The van der Waals surface area contributed by atoms with Crippen molar-refractivity contribution < 1.29 is 24.2 Å². The lowest BCUT2D eigenvalue weighted by molar-refractivity contribution is -0.142. The number of aromatic nitrogens is 1. The summed E-state index contributed by atoms with van der Waals surface area (Å²) in [4.78, 5) is 42.3. The summed E-state index contributed by atoms with van der Waals surface area (Å²) in [6.45, 7) is 1.96. The molecule has 0 fully saturated rings. The molecule has 1 atom stereocenters. The molecular formula is C29H26N2O6. The number of benzene rings is 3. The maximum atomic E-state index is 13.3. The van der Waals surface area contributed by atoms with Gasteiger partial charge in [-0.05, 0) is 42.8 Å². The molecule has 0 saturated heterocycles. The van der Waals surface area contributed by atoms with Crippen LogP contribution in [-0.4, -0.2) is 47.6 Å². The van der Waals surface area contributed by atoms with Crippen LogP contribution >= 0.6 is 0 Å². The quantitative estimate of drug-likeness (QED) is 0.290. The minimum absolute atomic E-state index is 0.241. The first-order chi connectivity index (χ1) is 17.9. The zero-order chi connectivity index (χ0) is 26.4. The summed E-state index contributed by atoms with van der Waals surface area (Å²) in [5, 5.41) is 12.1. The Balaban J connectivity index is 1.81. The zero-order valence-corrected chi connectivity index (χ0v) is 20.5. The number of rotatable bonds is 8. The molecule has 0 saturated carbocycles. The summed E-state index contributed by atoms with van der Waals surface area (Å²) < 4.78 is 11.1. The molecule has 0 radical (unpaired) electrons. The molecule has 3 aromatic carbocycles. The molecule has 0 aliphatic heterocycles. The first kappa shape index (κ1) is 25.4. The largest absolute Gasteiger partial charge is 0.494 e. The van der Waals surface area contributed by atoms with Crippen LogP contribution in [0, 0.1) is 0 Å². The molecule has 1 N–H and O–H groups in total. The number of carbonyl (C=O) groups is 2. The van der Waals surface area contributed by atoms with Crippen LogP contribution in [0.3, 0.4) is 0 Å². The molecule has 4 rings (SSSR count). The molecule has 0 bridgehead atoms. The molecule has 37 heavy (non-hydrogen) atoms. The van der Waals surface area contributed by atoms with Gasteiger partial charge in [-0.25, -0.2) is 14.2 Å². The lowest BCUT2D eigenvalue weighted by Crippen LogP contribution is -2.23. The number of pyridine rings is 1. The summed E-state index contributed by atoms with van der Waals surface area (Å²) in [5.74, 6) is -1.35. The van der Waals surface area contributed by atoms with Gasteiger partial charge >= 0.3 is 11.9 Å². The van der Waals surface area contributed by atoms with Crippen molar-refractivity contribution in [1.82, 2.24) is 4.57 Å². The third-order valence-corrected chi connectivity index (χ3v) is 5.87. The summed E-state index contributed by atoms with van der Waals surface area (Å²) in [7, 11) is 1.29. The van der Waals surface area contributed by atoms with Gasteiger partial charge in [-0.3, -0.25) is 9.79 Å². The first-order valence-electron chi connectivity index (χ1n) is 11.7. The van der Waals surface area contributed by atoms with Gasteiger partial charge in [0, 0.05) is 23.4 Å². The van der Waals surface area contributed by atoms with Crippen LogP contribution in [-0.2, 0) is 20.7 Å². The van der Waals surface area contributed by atoms with E-state index in [9.17, 15) is 19.5 Å². The second kappa shape index (κ2) is 11.3. The Hall–Kier alpha value is -4.72. The van der Waals surface area contributed by atoms with E-state index in [0.717, 1.165) is 10.1 Å². The highest BCUT2D eigenvalue weighted by atomic mass is 16.5. The van der Waals surface area contributed by atoms with Crippen LogP contribution in [0.5, 0.6) is 5.88 Å². The molecule has 0 spiro atoms. The van der Waals surface area contributed by atoms with Crippen molar-refractivity contribution in [2.24, 2.45) is 4.99 Å². The van der Waals surface area contributed by atoms with E-state index in [1.165, 1.54) is 25.5 Å². The predicted octanol–water partition coefficient (Wildman–Crippen LogP) is 4.08. The fraction of sp³-hybridized carbons (Fsp3) is 0.172. The summed E-state index contributed by atoms with van der Waals surface area (Å²) in [6, 6.07) is 21.5. The highest BCUT2D eigenvalue weighted by Gasteiger charge is 2.21. The summed E-state index contributed by atoms with van der Waals surface area (Å²) in [5.41, 5.74) is 1.40. The van der Waals surface area contributed by atoms with Crippen molar-refractivity contribution >= 4 is 28.9 Å². The Morgan fingerprint density at radius 1 is 0.973 bits per heavy atom. The smallest absolute Gasteiger partial charge is 0.338 e. The van der Waals surface area contributed by atoms with Crippen LogP contribution in [0.4, 0.5) is 0 Å². The van der Waals surface area contributed by atoms with Gasteiger partial charge in [-0.15, -0.1) is 0 Å². The molecule has 0 amide bonds. The lowest BCUT2D eigenvalue weighted by Gasteiger charge is -2.15. The van der Waals surface area contributed by atoms with Crippen molar-refractivity contribution in [3.63, 3.8) is 0 Å². The van der Waals surface area contributed by atoms with E-state index >= 15 is 0 Å². The second-order valence-corrected chi connectivity index (χ2v) is 8.20. The number of hydrogen-bond donors (Lipinski definition) is 1. The van der Waals surface area contributed by atoms with Gasteiger partial charge in [0.05, 0.1) is 30.5 Å². The van der Waals surface area contributed by atoms with Gasteiger partial charge in [-0.1, -0.05) is 48.5 Å². The second-order valence-electron chi connectivity index (χ2n) is 8.20. The van der Waals surface area contributed by atoms with E-state index in [-0.39, 0.29) is 18.1 Å². The number of nitrogens with zero attached hydrogens (tertiary/aromatic N) is 2. The number of methoxy groups -OCH3 is 1. The molecule has 0 aliphatic rings. The van der Waals surface area contributed by atoms with Crippen molar-refractivity contribution in [3.05, 3.63) is 106 Å². The van der Waals surface area contributed by atoms with E-state index in [0.29, 0.717) is 28.4 Å². The third-order valence-electron chi connectivity index (χ3n) is 5.87. The monoisotopic (exact) mass is 498 g/mol. The lowest BCUT2D eigenvalue weighted by atomic mass is 10.1. The number of hydrogen-bond acceptors (Lipinski definition) is 7. The number of carbonyl (C=O) groups excluding carboxylic acids is 2. The van der Waals surface area contributed by atoms with Crippen LogP contribution in [0.15, 0.2) is 88.6 Å². The van der Waals surface area contributed by atoms with Gasteiger partial charge in [0.15, 0.2) is 6.04 Å². The maximum Gasteiger partial charge on any atom is 0.338 e. The van der Waals surface area contributed by atoms with Crippen molar-refractivity contribution in [3.8, 4) is 11.6 Å². The van der Waals surface area contributed by atoms with Gasteiger partial charge in [0.1, 0.15) is 0 Å². The predicted molar refractivity (Wildman–Crippen MR) is 141 cm³/mol. The molecule has 0 unspecified atom stereocenters. The molecular weight excluding hydrogens is 472 g/mol. The first-order valence-corrected chi connectivity index (χ1v) is 11.7. The van der Waals surface area contributed by atoms with Gasteiger partial charge in [0.2, 0.25) is 5.88 Å². The molecule has 8 nitrogen and oxygen atoms in total. The van der Waals surface area contributed by atoms with E-state index in [1.807, 2.05) is 30.3 Å². The number of aromatic hydroxyl groups is 1. The number of ether oxygens (including phenoxy) is 2. The Morgan fingerprint density at radius 2 is 1.62 bits per heavy atom. The maximum absolute atomic E-state index is 13.3. The summed E-state index contributed by atoms with van der Waals surface area (Å²) >= 11 is 0. The standard InChI is InChI=1S/C29H26N2O6/c1-3-37-28(34)20-13-15-21(16-14-20)31-26(32)23-12-8-7-11-22(23)24(27(31)33)18-30-25(29(35)36-2)17-19-9-5-4-6-10-19/h4-16,18,25,33H,3,17H2,1-2H3/t25-/m1/s1. The fourth-order valence-corrected chi connectivity index (χ4v) is 4.02. The molecule has 4 aromatic rings. The zero-order valence-electron chi connectivity index (χ0n) is 20.5. The van der Waals surface area contributed by atoms with Crippen molar-refractivity contribution in [2.75, 3.05) is 13.7 Å². The third kappa shape index (κ3) is 5.43. The van der Waals surface area contributed by atoms with Gasteiger partial charge < -0.3 is 14.6 Å². The average molecular weight is 499 g/mol. The van der Waals surface area contributed by atoms with Crippen molar-refractivity contribution in [2.45, 2.75) is 19.4 Å². The minimum Gasteiger partial charge on any atom is -0.494 e. The van der Waals surface area contributed by atoms with Gasteiger partial charge in [-0.2, -0.15) is 0 Å². The van der Waals surface area contributed by atoms with Crippen molar-refractivity contribution in [1.29, 1.82) is 0 Å². The Bertz CT molecular complexity index is 1510.